The Labute approximate surface area is 115 Å². The van der Waals surface area contributed by atoms with Gasteiger partial charge in [-0.25, -0.2) is 0 Å². The molecule has 17 heavy (non-hydrogen) atoms. The van der Waals surface area contributed by atoms with Crippen LogP contribution in [-0.4, -0.2) is 38.9 Å². The van der Waals surface area contributed by atoms with Gasteiger partial charge in [-0.15, -0.1) is 0 Å². The summed E-state index contributed by atoms with van der Waals surface area (Å²) in [5, 5.41) is 0. The van der Waals surface area contributed by atoms with Crippen LogP contribution in [0.4, 0.5) is 11.7 Å². The van der Waals surface area contributed by atoms with Gasteiger partial charge in [0.1, 0.15) is 0 Å². The van der Waals surface area contributed by atoms with E-state index in [1.54, 1.807) is 0 Å². The summed E-state index contributed by atoms with van der Waals surface area (Å²) < 4.78 is 102. The molecule has 0 saturated heterocycles. The Morgan fingerprint density at radius 1 is 0.588 bits per heavy atom. The molecule has 0 spiro atoms. The second-order valence-electron chi connectivity index (χ2n) is 1.24. The Hall–Kier alpha value is 0.415. The Bertz CT molecular complexity index is 352. The molecule has 106 valence electrons. The first-order valence-corrected chi connectivity index (χ1v) is 6.03. The zero-order valence-corrected chi connectivity index (χ0v) is 15.5. The predicted octanol–water partition coefficient (Wildman–Crippen LogP) is -0.564. The molecule has 0 aromatic carbocycles. The van der Waals surface area contributed by atoms with Crippen LogP contribution in [0.3, 0.4) is 0 Å². The molecule has 17 heteroatoms. The van der Waals surface area contributed by atoms with Crippen LogP contribution < -0.4 is 6.15 Å². The molecular formula is H6F3HgNO9S3. The van der Waals surface area contributed by atoms with E-state index in [1.165, 1.54) is 0 Å². The van der Waals surface area contributed by atoms with E-state index >= 15 is 0 Å². The SMILES string of the molecule is N.O=S(=O)(O)F.O=S(=O)(O)F.O=S(=O)(O)F.[Hg]. The minimum atomic E-state index is -5.17. The molecule has 0 aliphatic rings. The van der Waals surface area contributed by atoms with E-state index in [-0.39, 0.29) is 33.8 Å². The van der Waals surface area contributed by atoms with Crippen molar-refractivity contribution in [1.82, 2.24) is 6.15 Å². The molecular weight excluding hydrogens is 512 g/mol. The molecule has 0 rings (SSSR count). The van der Waals surface area contributed by atoms with Crippen molar-refractivity contribution in [3.05, 3.63) is 0 Å². The van der Waals surface area contributed by atoms with Crippen LogP contribution in [0.1, 0.15) is 0 Å². The van der Waals surface area contributed by atoms with E-state index < -0.39 is 31.5 Å². The molecule has 0 fully saturated rings. The van der Waals surface area contributed by atoms with E-state index in [9.17, 15) is 11.7 Å². The Kier molecular flexibility index (Phi) is 20.6. The Morgan fingerprint density at radius 3 is 0.588 bits per heavy atom. The molecule has 0 unspecified atom stereocenters. The largest absolute Gasteiger partial charge is 0.435 e. The zero-order chi connectivity index (χ0) is 13.5. The summed E-state index contributed by atoms with van der Waals surface area (Å²) in [6, 6.07) is 0. The van der Waals surface area contributed by atoms with Crippen molar-refractivity contribution in [2.75, 3.05) is 0 Å². The summed E-state index contributed by atoms with van der Waals surface area (Å²) in [5.41, 5.74) is 0. The van der Waals surface area contributed by atoms with Gasteiger partial charge in [-0.1, -0.05) is 11.7 Å². The van der Waals surface area contributed by atoms with Crippen LogP contribution in [0, 0.1) is 0 Å². The standard InChI is InChI=1S/3FHO3S.Hg.H3N/c3*1-5(2,3)4;;/h3*(H,2,3,4);;1H3. The molecule has 0 aliphatic heterocycles. The first kappa shape index (κ1) is 30.4. The average molecular weight is 518 g/mol. The monoisotopic (exact) mass is 519 g/mol. The van der Waals surface area contributed by atoms with Crippen LogP contribution in [0.5, 0.6) is 0 Å². The van der Waals surface area contributed by atoms with E-state index in [1.807, 2.05) is 0 Å². The summed E-state index contributed by atoms with van der Waals surface area (Å²) in [6.45, 7) is 0. The summed E-state index contributed by atoms with van der Waals surface area (Å²) >= 11 is 0. The van der Waals surface area contributed by atoms with Gasteiger partial charge in [-0.05, 0) is 0 Å². The first-order chi connectivity index (χ1) is 6.00. The van der Waals surface area contributed by atoms with Gasteiger partial charge in [0.25, 0.3) is 0 Å². The average Bonchev–Trinajstić information content (AvgIpc) is 1.41. The Morgan fingerprint density at radius 2 is 0.588 bits per heavy atom. The van der Waals surface area contributed by atoms with Crippen molar-refractivity contribution in [3.8, 4) is 0 Å². The van der Waals surface area contributed by atoms with Gasteiger partial charge in [-0.2, -0.15) is 25.3 Å². The van der Waals surface area contributed by atoms with Gasteiger partial charge in [0, 0.05) is 27.7 Å². The van der Waals surface area contributed by atoms with Crippen molar-refractivity contribution in [2.45, 2.75) is 0 Å². The minimum absolute atomic E-state index is 0. The topological polar surface area (TPSA) is 198 Å². The van der Waals surface area contributed by atoms with E-state index in [0.717, 1.165) is 0 Å². The van der Waals surface area contributed by atoms with Crippen molar-refractivity contribution in [2.24, 2.45) is 0 Å². The summed E-state index contributed by atoms with van der Waals surface area (Å²) in [4.78, 5) is 0. The van der Waals surface area contributed by atoms with E-state index in [4.69, 9.17) is 38.9 Å². The van der Waals surface area contributed by atoms with Crippen LogP contribution in [-0.2, 0) is 59.2 Å². The maximum absolute atomic E-state index is 10.2. The third-order valence-electron chi connectivity index (χ3n) is 0. The Balaban J connectivity index is -0.0000000400. The quantitative estimate of drug-likeness (QED) is 0.183. The van der Waals surface area contributed by atoms with Crippen LogP contribution in [0.15, 0.2) is 0 Å². The van der Waals surface area contributed by atoms with Gasteiger partial charge in [0.05, 0.1) is 0 Å². The third-order valence-corrected chi connectivity index (χ3v) is 0. The first-order valence-electron chi connectivity index (χ1n) is 2.01. The van der Waals surface area contributed by atoms with Crippen molar-refractivity contribution in [1.29, 1.82) is 0 Å². The van der Waals surface area contributed by atoms with Gasteiger partial charge >= 0.3 is 31.5 Å². The van der Waals surface area contributed by atoms with Gasteiger partial charge in [0.15, 0.2) is 0 Å². The van der Waals surface area contributed by atoms with Gasteiger partial charge in [-0.3, -0.25) is 13.7 Å². The fourth-order valence-electron chi connectivity index (χ4n) is 0. The summed E-state index contributed by atoms with van der Waals surface area (Å²) in [5.74, 6) is 0. The number of hydrogen-bond acceptors (Lipinski definition) is 7. The molecule has 0 amide bonds. The van der Waals surface area contributed by atoms with Crippen molar-refractivity contribution in [3.63, 3.8) is 0 Å². The predicted molar refractivity (Wildman–Crippen MR) is 43.0 cm³/mol. The second kappa shape index (κ2) is 11.5. The van der Waals surface area contributed by atoms with E-state index in [0.29, 0.717) is 0 Å². The number of rotatable bonds is 0. The molecule has 0 aromatic rings. The van der Waals surface area contributed by atoms with Gasteiger partial charge in [0.2, 0.25) is 0 Å². The molecule has 0 aliphatic carbocycles. The summed E-state index contributed by atoms with van der Waals surface area (Å²) in [7, 11) is -15.5. The van der Waals surface area contributed by atoms with Crippen molar-refractivity contribution < 1.29 is 78.2 Å². The fourth-order valence-corrected chi connectivity index (χ4v) is 0. The van der Waals surface area contributed by atoms with Crippen molar-refractivity contribution >= 4 is 31.5 Å². The molecule has 0 bridgehead atoms. The maximum Gasteiger partial charge on any atom is 0.435 e. The van der Waals surface area contributed by atoms with Crippen LogP contribution in [0.25, 0.3) is 0 Å². The molecule has 0 aromatic heterocycles. The maximum atomic E-state index is 10.2. The normalized spacial score (nSPS) is 10.2. The molecule has 0 radical (unpaired) electrons. The van der Waals surface area contributed by atoms with Gasteiger partial charge < -0.3 is 6.15 Å². The fraction of sp³-hybridized carbons (Fsp3) is 0. The molecule has 0 heterocycles. The molecule has 0 saturated carbocycles. The third kappa shape index (κ3) is 19800. The smallest absolute Gasteiger partial charge is 0.344 e. The number of hydrogen-bond donors (Lipinski definition) is 4. The molecule has 0 atom stereocenters. The molecule has 10 nitrogen and oxygen atoms in total. The summed E-state index contributed by atoms with van der Waals surface area (Å²) in [6.07, 6.45) is 0. The second-order valence-corrected chi connectivity index (χ2v) is 3.71. The van der Waals surface area contributed by atoms with E-state index in [2.05, 4.69) is 0 Å². The van der Waals surface area contributed by atoms with Crippen LogP contribution in [0.2, 0.25) is 0 Å². The zero-order valence-electron chi connectivity index (χ0n) is 7.56. The number of halogens is 3. The molecule has 6 N–H and O–H groups in total. The minimum Gasteiger partial charge on any atom is -0.344 e. The van der Waals surface area contributed by atoms with Crippen LogP contribution >= 0.6 is 0 Å².